The van der Waals surface area contributed by atoms with Crippen LogP contribution in [0.25, 0.3) is 0 Å². The van der Waals surface area contributed by atoms with Gasteiger partial charge in [0, 0.05) is 4.47 Å². The van der Waals surface area contributed by atoms with Crippen LogP contribution in [0.1, 0.15) is 62.0 Å². The third-order valence-corrected chi connectivity index (χ3v) is 7.00. The van der Waals surface area contributed by atoms with E-state index in [0.29, 0.717) is 6.04 Å². The highest BCUT2D eigenvalue weighted by molar-refractivity contribution is 9.10. The number of ether oxygens (including phenoxy) is 1. The minimum absolute atomic E-state index is 0.240. The number of hydrogen-bond acceptors (Lipinski definition) is 2. The maximum atomic E-state index is 6.18. The number of halogens is 1. The van der Waals surface area contributed by atoms with E-state index in [-0.39, 0.29) is 5.92 Å². The lowest BCUT2D eigenvalue weighted by Crippen LogP contribution is -2.15. The molecule has 4 rings (SSSR count). The van der Waals surface area contributed by atoms with Crippen LogP contribution in [-0.2, 0) is 11.2 Å². The Hall–Kier alpha value is -1.61. The minimum atomic E-state index is 0.240. The van der Waals surface area contributed by atoms with Gasteiger partial charge >= 0.3 is 0 Å². The van der Waals surface area contributed by atoms with E-state index in [1.807, 2.05) is 0 Å². The second kappa shape index (κ2) is 9.73. The smallest absolute Gasteiger partial charge is 0.191 e. The van der Waals surface area contributed by atoms with Crippen molar-refractivity contribution in [1.82, 2.24) is 0 Å². The van der Waals surface area contributed by atoms with Gasteiger partial charge in [-0.15, -0.1) is 0 Å². The second-order valence-electron chi connectivity index (χ2n) is 8.27. The maximum Gasteiger partial charge on any atom is 0.191 e. The second-order valence-corrected chi connectivity index (χ2v) is 9.12. The Morgan fingerprint density at radius 3 is 2.50 bits per heavy atom. The Kier molecular flexibility index (Phi) is 6.85. The molecule has 28 heavy (non-hydrogen) atoms. The van der Waals surface area contributed by atoms with Gasteiger partial charge in [0.1, 0.15) is 6.61 Å². The van der Waals surface area contributed by atoms with Crippen molar-refractivity contribution in [3.05, 3.63) is 70.2 Å². The fraction of sp³-hybridized carbons (Fsp3) is 0.480. The highest BCUT2D eigenvalue weighted by Crippen LogP contribution is 2.32. The third-order valence-electron chi connectivity index (χ3n) is 6.22. The first kappa shape index (κ1) is 19.7. The van der Waals surface area contributed by atoms with E-state index in [1.54, 1.807) is 0 Å². The molecule has 1 unspecified atom stereocenters. The lowest BCUT2D eigenvalue weighted by molar-refractivity contribution is 0.262. The maximum absolute atomic E-state index is 6.18. The average molecular weight is 440 g/mol. The summed E-state index contributed by atoms with van der Waals surface area (Å²) in [6, 6.07) is 19.6. The Labute approximate surface area is 177 Å². The molecule has 1 fully saturated rings. The highest BCUT2D eigenvalue weighted by atomic mass is 79.9. The summed E-state index contributed by atoms with van der Waals surface area (Å²) >= 11 is 3.69. The number of aliphatic imine (C=N–C) groups is 1. The Morgan fingerprint density at radius 1 is 0.964 bits per heavy atom. The van der Waals surface area contributed by atoms with Crippen LogP contribution in [0.2, 0.25) is 0 Å². The van der Waals surface area contributed by atoms with Crippen molar-refractivity contribution in [3.63, 3.8) is 0 Å². The van der Waals surface area contributed by atoms with Crippen LogP contribution < -0.4 is 0 Å². The molecule has 0 N–H and O–H groups in total. The van der Waals surface area contributed by atoms with Crippen molar-refractivity contribution in [3.8, 4) is 0 Å². The van der Waals surface area contributed by atoms with Gasteiger partial charge in [0.05, 0.1) is 12.0 Å². The Balaban J connectivity index is 1.47. The third kappa shape index (κ3) is 5.05. The molecule has 2 aliphatic rings. The largest absolute Gasteiger partial charge is 0.478 e. The molecule has 0 amide bonds. The van der Waals surface area contributed by atoms with Gasteiger partial charge < -0.3 is 4.74 Å². The fourth-order valence-corrected chi connectivity index (χ4v) is 5.16. The van der Waals surface area contributed by atoms with Crippen molar-refractivity contribution < 1.29 is 4.74 Å². The first-order valence-corrected chi connectivity index (χ1v) is 11.6. The van der Waals surface area contributed by atoms with Crippen molar-refractivity contribution in [1.29, 1.82) is 0 Å². The molecule has 0 saturated heterocycles. The molecule has 2 nitrogen and oxygen atoms in total. The van der Waals surface area contributed by atoms with Gasteiger partial charge in [0.2, 0.25) is 0 Å². The molecule has 2 aromatic rings. The van der Waals surface area contributed by atoms with E-state index < -0.39 is 0 Å². The number of nitrogens with zero attached hydrogens (tertiary/aromatic N) is 1. The monoisotopic (exact) mass is 439 g/mol. The summed E-state index contributed by atoms with van der Waals surface area (Å²) in [7, 11) is 0. The van der Waals surface area contributed by atoms with E-state index >= 15 is 0 Å². The quantitative estimate of drug-likeness (QED) is 0.457. The molecule has 0 spiro atoms. The Bertz CT molecular complexity index is 782. The molecule has 2 aromatic carbocycles. The van der Waals surface area contributed by atoms with Crippen LogP contribution in [0.15, 0.2) is 64.1 Å². The van der Waals surface area contributed by atoms with Gasteiger partial charge in [-0.25, -0.2) is 4.99 Å². The van der Waals surface area contributed by atoms with Crippen molar-refractivity contribution >= 4 is 21.8 Å². The summed E-state index contributed by atoms with van der Waals surface area (Å²) in [5, 5.41) is 0. The number of aryl methyl sites for hydroxylation is 1. The predicted molar refractivity (Wildman–Crippen MR) is 120 cm³/mol. The predicted octanol–water partition coefficient (Wildman–Crippen LogP) is 6.93. The summed E-state index contributed by atoms with van der Waals surface area (Å²) < 4.78 is 7.37. The van der Waals surface area contributed by atoms with E-state index in [4.69, 9.17) is 9.73 Å². The normalized spacial score (nSPS) is 21.2. The van der Waals surface area contributed by atoms with Crippen LogP contribution in [0, 0.1) is 5.92 Å². The first-order valence-electron chi connectivity index (χ1n) is 10.8. The van der Waals surface area contributed by atoms with Crippen LogP contribution in [-0.4, -0.2) is 18.5 Å². The molecular weight excluding hydrogens is 410 g/mol. The highest BCUT2D eigenvalue weighted by Gasteiger charge is 2.29. The lowest BCUT2D eigenvalue weighted by atomic mass is 9.85. The van der Waals surface area contributed by atoms with Crippen molar-refractivity contribution in [2.24, 2.45) is 10.9 Å². The van der Waals surface area contributed by atoms with Crippen LogP contribution in [0.5, 0.6) is 0 Å². The summed E-state index contributed by atoms with van der Waals surface area (Å²) in [5.74, 6) is 2.05. The number of benzene rings is 2. The molecule has 0 aromatic heterocycles. The number of rotatable bonds is 7. The summed E-state index contributed by atoms with van der Waals surface area (Å²) in [5.41, 5.74) is 2.66. The lowest BCUT2D eigenvalue weighted by Gasteiger charge is -2.22. The zero-order chi connectivity index (χ0) is 19.2. The zero-order valence-corrected chi connectivity index (χ0v) is 18.1. The van der Waals surface area contributed by atoms with E-state index in [0.717, 1.165) is 31.3 Å². The van der Waals surface area contributed by atoms with Gasteiger partial charge in [-0.1, -0.05) is 96.6 Å². The van der Waals surface area contributed by atoms with Crippen LogP contribution >= 0.6 is 15.9 Å². The molecule has 1 saturated carbocycles. The Morgan fingerprint density at radius 2 is 1.71 bits per heavy atom. The van der Waals surface area contributed by atoms with Crippen LogP contribution in [0.4, 0.5) is 0 Å². The van der Waals surface area contributed by atoms with Gasteiger partial charge in [-0.3, -0.25) is 0 Å². The van der Waals surface area contributed by atoms with E-state index in [1.165, 1.54) is 54.1 Å². The molecular formula is C25H30BrNO. The zero-order valence-electron chi connectivity index (χ0n) is 16.5. The van der Waals surface area contributed by atoms with Gasteiger partial charge in [-0.05, 0) is 42.4 Å². The molecule has 1 aliphatic heterocycles. The fourth-order valence-electron chi connectivity index (χ4n) is 4.67. The molecule has 0 bridgehead atoms. The van der Waals surface area contributed by atoms with Gasteiger partial charge in [0.25, 0.3) is 0 Å². The molecule has 0 radical (unpaired) electrons. The van der Waals surface area contributed by atoms with Gasteiger partial charge in [-0.2, -0.15) is 0 Å². The SMILES string of the molecule is Brc1ccccc1CCC(C1=N[C@@H](CC2CCCCC2)CO1)c1ccccc1. The molecule has 1 aliphatic carbocycles. The number of hydrogen-bond donors (Lipinski definition) is 0. The molecule has 2 atom stereocenters. The van der Waals surface area contributed by atoms with Crippen molar-refractivity contribution in [2.45, 2.75) is 63.3 Å². The van der Waals surface area contributed by atoms with Crippen molar-refractivity contribution in [2.75, 3.05) is 6.61 Å². The molecule has 148 valence electrons. The minimum Gasteiger partial charge on any atom is -0.478 e. The average Bonchev–Trinajstić information content (AvgIpc) is 3.19. The summed E-state index contributed by atoms with van der Waals surface area (Å²) in [6.45, 7) is 0.768. The van der Waals surface area contributed by atoms with E-state index in [9.17, 15) is 0 Å². The summed E-state index contributed by atoms with van der Waals surface area (Å²) in [6.07, 6.45) is 10.2. The first-order chi connectivity index (χ1) is 13.8. The molecule has 1 heterocycles. The topological polar surface area (TPSA) is 21.6 Å². The van der Waals surface area contributed by atoms with Gasteiger partial charge in [0.15, 0.2) is 5.90 Å². The standard InChI is InChI=1S/C25H30BrNO/c26-24-14-8-7-13-21(24)15-16-23(20-11-5-2-6-12-20)25-27-22(18-28-25)17-19-9-3-1-4-10-19/h2,5-8,11-14,19,22-23H,1,3-4,9-10,15-18H2/t22-,23?/m0/s1. The molecule has 3 heteroatoms. The summed E-state index contributed by atoms with van der Waals surface area (Å²) in [4.78, 5) is 5.08. The van der Waals surface area contributed by atoms with E-state index in [2.05, 4.69) is 70.5 Å². The van der Waals surface area contributed by atoms with Crippen LogP contribution in [0.3, 0.4) is 0 Å².